The zero-order valence-corrected chi connectivity index (χ0v) is 12.0. The second kappa shape index (κ2) is 6.38. The van der Waals surface area contributed by atoms with Gasteiger partial charge in [0.2, 0.25) is 0 Å². The number of hydrogen-bond donors (Lipinski definition) is 1. The molecule has 0 bridgehead atoms. The lowest BCUT2D eigenvalue weighted by Gasteiger charge is -2.29. The van der Waals surface area contributed by atoms with Gasteiger partial charge in [-0.05, 0) is 32.6 Å². The lowest BCUT2D eigenvalue weighted by Crippen LogP contribution is -2.25. The van der Waals surface area contributed by atoms with Gasteiger partial charge in [-0.2, -0.15) is 0 Å². The van der Waals surface area contributed by atoms with Crippen molar-refractivity contribution in [1.82, 2.24) is 14.8 Å². The van der Waals surface area contributed by atoms with Crippen LogP contribution < -0.4 is 0 Å². The van der Waals surface area contributed by atoms with Crippen LogP contribution in [0.4, 0.5) is 0 Å². The Morgan fingerprint density at radius 3 is 2.84 bits per heavy atom. The summed E-state index contributed by atoms with van der Waals surface area (Å²) in [6, 6.07) is 0.273. The van der Waals surface area contributed by atoms with Crippen molar-refractivity contribution in [3.63, 3.8) is 0 Å². The molecule has 1 aliphatic heterocycles. The van der Waals surface area contributed by atoms with Crippen LogP contribution in [0.25, 0.3) is 0 Å². The molecule has 0 aromatic carbocycles. The molecule has 1 saturated heterocycles. The number of carboxylic acids is 1. The van der Waals surface area contributed by atoms with Gasteiger partial charge in [0.25, 0.3) is 0 Å². The highest BCUT2D eigenvalue weighted by Crippen LogP contribution is 2.31. The number of hydrogen-bond acceptors (Lipinski definition) is 5. The summed E-state index contributed by atoms with van der Waals surface area (Å²) in [4.78, 5) is 10.7. The van der Waals surface area contributed by atoms with Crippen molar-refractivity contribution in [2.24, 2.45) is 5.92 Å². The Morgan fingerprint density at radius 1 is 1.53 bits per heavy atom. The van der Waals surface area contributed by atoms with E-state index in [1.807, 2.05) is 6.92 Å². The molecule has 2 heterocycles. The normalized spacial score (nSPS) is 18.4. The summed E-state index contributed by atoms with van der Waals surface area (Å²) in [6.45, 7) is 5.66. The lowest BCUT2D eigenvalue weighted by molar-refractivity contribution is -0.133. The van der Waals surface area contributed by atoms with Crippen molar-refractivity contribution in [3.05, 3.63) is 5.82 Å². The minimum Gasteiger partial charge on any atom is -0.481 e. The molecular formula is C12H19N3O3S. The third kappa shape index (κ3) is 3.48. The van der Waals surface area contributed by atoms with Gasteiger partial charge in [0.05, 0.1) is 5.75 Å². The molecule has 1 unspecified atom stereocenters. The van der Waals surface area contributed by atoms with Gasteiger partial charge in [-0.25, -0.2) is 0 Å². The van der Waals surface area contributed by atoms with Gasteiger partial charge in [-0.1, -0.05) is 11.8 Å². The van der Waals surface area contributed by atoms with Crippen LogP contribution >= 0.6 is 11.8 Å². The second-order valence-corrected chi connectivity index (χ2v) is 5.72. The number of nitrogens with zero attached hydrogens (tertiary/aromatic N) is 3. The summed E-state index contributed by atoms with van der Waals surface area (Å²) >= 11 is 1.23. The predicted molar refractivity (Wildman–Crippen MR) is 71.4 cm³/mol. The zero-order valence-electron chi connectivity index (χ0n) is 11.2. The Hall–Kier alpha value is -1.08. The van der Waals surface area contributed by atoms with Crippen LogP contribution in [0.3, 0.4) is 0 Å². The SMILES string of the molecule is Cc1nnc(SCC(=O)O)n1C(C)C1CCOCC1. The molecule has 106 valence electrons. The minimum absolute atomic E-state index is 0.0125. The van der Waals surface area contributed by atoms with Crippen LogP contribution in [-0.2, 0) is 9.53 Å². The maximum Gasteiger partial charge on any atom is 0.313 e. The average molecular weight is 285 g/mol. The quantitative estimate of drug-likeness (QED) is 0.831. The monoisotopic (exact) mass is 285 g/mol. The molecule has 0 radical (unpaired) electrons. The van der Waals surface area contributed by atoms with Gasteiger partial charge < -0.3 is 14.4 Å². The zero-order chi connectivity index (χ0) is 13.8. The second-order valence-electron chi connectivity index (χ2n) is 4.77. The number of ether oxygens (including phenoxy) is 1. The van der Waals surface area contributed by atoms with E-state index in [-0.39, 0.29) is 11.8 Å². The molecule has 1 atom stereocenters. The fourth-order valence-electron chi connectivity index (χ4n) is 2.45. The molecule has 19 heavy (non-hydrogen) atoms. The molecular weight excluding hydrogens is 266 g/mol. The molecule has 7 heteroatoms. The van der Waals surface area contributed by atoms with E-state index in [4.69, 9.17) is 9.84 Å². The maximum atomic E-state index is 10.7. The average Bonchev–Trinajstić information content (AvgIpc) is 2.78. The van der Waals surface area contributed by atoms with E-state index < -0.39 is 5.97 Å². The van der Waals surface area contributed by atoms with E-state index in [0.29, 0.717) is 11.1 Å². The summed E-state index contributed by atoms with van der Waals surface area (Å²) in [5.41, 5.74) is 0. The Morgan fingerprint density at radius 2 is 2.21 bits per heavy atom. The van der Waals surface area contributed by atoms with Gasteiger partial charge in [-0.15, -0.1) is 10.2 Å². The standard InChI is InChI=1S/C12H19N3O3S/c1-8(10-3-5-18-6-4-10)15-9(2)13-14-12(15)19-7-11(16)17/h8,10H,3-7H2,1-2H3,(H,16,17). The number of carbonyl (C=O) groups is 1. The van der Waals surface area contributed by atoms with E-state index in [1.165, 1.54) is 11.8 Å². The molecule has 1 fully saturated rings. The molecule has 1 N–H and O–H groups in total. The molecule has 0 saturated carbocycles. The summed E-state index contributed by atoms with van der Waals surface area (Å²) in [5.74, 6) is 0.550. The summed E-state index contributed by atoms with van der Waals surface area (Å²) < 4.78 is 7.44. The Kier molecular flexibility index (Phi) is 4.81. The third-order valence-electron chi connectivity index (χ3n) is 3.52. The van der Waals surface area contributed by atoms with Crippen molar-refractivity contribution in [2.45, 2.75) is 37.9 Å². The minimum atomic E-state index is -0.837. The van der Waals surface area contributed by atoms with Crippen LogP contribution in [0.2, 0.25) is 0 Å². The fraction of sp³-hybridized carbons (Fsp3) is 0.750. The van der Waals surface area contributed by atoms with E-state index >= 15 is 0 Å². The Labute approximate surface area is 116 Å². The van der Waals surface area contributed by atoms with E-state index in [9.17, 15) is 4.79 Å². The smallest absolute Gasteiger partial charge is 0.313 e. The summed E-state index contributed by atoms with van der Waals surface area (Å²) in [7, 11) is 0. The van der Waals surface area contributed by atoms with E-state index in [2.05, 4.69) is 21.7 Å². The first-order chi connectivity index (χ1) is 9.09. The fourth-order valence-corrected chi connectivity index (χ4v) is 3.24. The van der Waals surface area contributed by atoms with Gasteiger partial charge >= 0.3 is 5.97 Å². The highest BCUT2D eigenvalue weighted by atomic mass is 32.2. The molecule has 0 spiro atoms. The molecule has 1 aromatic rings. The lowest BCUT2D eigenvalue weighted by atomic mass is 9.93. The summed E-state index contributed by atoms with van der Waals surface area (Å²) in [6.07, 6.45) is 2.06. The predicted octanol–water partition coefficient (Wildman–Crippen LogP) is 1.75. The van der Waals surface area contributed by atoms with Crippen molar-refractivity contribution in [1.29, 1.82) is 0 Å². The van der Waals surface area contributed by atoms with Crippen LogP contribution in [0.1, 0.15) is 31.6 Å². The van der Waals surface area contributed by atoms with Gasteiger partial charge in [0.15, 0.2) is 5.16 Å². The molecule has 2 rings (SSSR count). The van der Waals surface area contributed by atoms with Gasteiger partial charge in [0.1, 0.15) is 5.82 Å². The van der Waals surface area contributed by atoms with Crippen LogP contribution in [0, 0.1) is 12.8 Å². The molecule has 0 aliphatic carbocycles. The van der Waals surface area contributed by atoms with Gasteiger partial charge in [0, 0.05) is 19.3 Å². The summed E-state index contributed by atoms with van der Waals surface area (Å²) in [5, 5.41) is 17.6. The van der Waals surface area contributed by atoms with Crippen molar-refractivity contribution < 1.29 is 14.6 Å². The number of thioether (sulfide) groups is 1. The first kappa shape index (κ1) is 14.3. The highest BCUT2D eigenvalue weighted by molar-refractivity contribution is 7.99. The topological polar surface area (TPSA) is 77.2 Å². The van der Waals surface area contributed by atoms with Crippen LogP contribution in [-0.4, -0.2) is 44.8 Å². The maximum absolute atomic E-state index is 10.7. The molecule has 6 nitrogen and oxygen atoms in total. The van der Waals surface area contributed by atoms with Gasteiger partial charge in [-0.3, -0.25) is 4.79 Å². The van der Waals surface area contributed by atoms with Crippen molar-refractivity contribution in [3.8, 4) is 0 Å². The van der Waals surface area contributed by atoms with Crippen LogP contribution in [0.15, 0.2) is 5.16 Å². The van der Waals surface area contributed by atoms with E-state index in [1.54, 1.807) is 0 Å². The Bertz CT molecular complexity index is 443. The number of rotatable bonds is 5. The number of carboxylic acid groups (broad SMARTS) is 1. The number of aromatic nitrogens is 3. The van der Waals surface area contributed by atoms with Crippen molar-refractivity contribution >= 4 is 17.7 Å². The molecule has 1 aromatic heterocycles. The van der Waals surface area contributed by atoms with Crippen LogP contribution in [0.5, 0.6) is 0 Å². The first-order valence-electron chi connectivity index (χ1n) is 6.43. The van der Waals surface area contributed by atoms with E-state index in [0.717, 1.165) is 31.9 Å². The third-order valence-corrected chi connectivity index (χ3v) is 4.44. The molecule has 1 aliphatic rings. The number of aliphatic carboxylic acids is 1. The highest BCUT2D eigenvalue weighted by Gasteiger charge is 2.25. The molecule has 0 amide bonds. The first-order valence-corrected chi connectivity index (χ1v) is 7.42. The number of aryl methyl sites for hydroxylation is 1. The van der Waals surface area contributed by atoms with Crippen molar-refractivity contribution in [2.75, 3.05) is 19.0 Å². The Balaban J connectivity index is 2.12. The largest absolute Gasteiger partial charge is 0.481 e.